The number of unbranched alkanes of at least 4 members (excludes halogenated alkanes) is 12. The van der Waals surface area contributed by atoms with E-state index in [2.05, 4.69) is 39.5 Å². The van der Waals surface area contributed by atoms with E-state index >= 15 is 0 Å². The number of hydrogen-bond acceptors (Lipinski definition) is 7. The van der Waals surface area contributed by atoms with Crippen molar-refractivity contribution in [1.82, 2.24) is 0 Å². The molecule has 0 aromatic rings. The highest BCUT2D eigenvalue weighted by Gasteiger charge is 2.60. The number of likely N-dealkylation sites (N-methyl/N-ethyl adjacent to an activating group) is 1. The van der Waals surface area contributed by atoms with Gasteiger partial charge in [-0.05, 0) is 104 Å². The van der Waals surface area contributed by atoms with Crippen LogP contribution in [0.25, 0.3) is 0 Å². The molecule has 62 heavy (non-hydrogen) atoms. The fourth-order valence-corrected chi connectivity index (χ4v) is 13.4. The molecule has 0 amide bonds. The van der Waals surface area contributed by atoms with Crippen molar-refractivity contribution < 1.29 is 42.1 Å². The average Bonchev–Trinajstić information content (AvgIpc) is 3.57. The molecule has 358 valence electrons. The van der Waals surface area contributed by atoms with Crippen LogP contribution in [0.15, 0.2) is 0 Å². The van der Waals surface area contributed by atoms with Crippen molar-refractivity contribution in [3.05, 3.63) is 0 Å². The molecular formula is C52H93NO8P+. The summed E-state index contributed by atoms with van der Waals surface area (Å²) < 4.78 is 34.9. The maximum Gasteiger partial charge on any atom is 0.472 e. The zero-order chi connectivity index (χ0) is 45.2. The number of phosphoric acid groups is 1. The number of ether oxygens (including phenoxy) is 2. The van der Waals surface area contributed by atoms with Gasteiger partial charge in [0.2, 0.25) is 0 Å². The number of fused-ring (bicyclic) bond motifs is 5. The first-order valence-electron chi connectivity index (χ1n) is 25.7. The largest absolute Gasteiger partial charge is 0.472 e. The predicted molar refractivity (Wildman–Crippen MR) is 251 cm³/mol. The molecule has 4 saturated carbocycles. The molecule has 9 nitrogen and oxygen atoms in total. The van der Waals surface area contributed by atoms with Crippen LogP contribution >= 0.6 is 7.82 Å². The summed E-state index contributed by atoms with van der Waals surface area (Å²) in [6.45, 7) is 11.7. The molecule has 11 atom stereocenters. The van der Waals surface area contributed by atoms with Gasteiger partial charge in [-0.15, -0.1) is 5.92 Å². The second-order valence-corrected chi connectivity index (χ2v) is 23.6. The second kappa shape index (κ2) is 26.0. The van der Waals surface area contributed by atoms with Crippen LogP contribution < -0.4 is 0 Å². The van der Waals surface area contributed by atoms with E-state index in [1.54, 1.807) is 0 Å². The third-order valence-electron chi connectivity index (χ3n) is 16.2. The fourth-order valence-electron chi connectivity index (χ4n) is 12.6. The van der Waals surface area contributed by atoms with Gasteiger partial charge < -0.3 is 18.9 Å². The Morgan fingerprint density at radius 2 is 1.40 bits per heavy atom. The Balaban J connectivity index is 1.20. The van der Waals surface area contributed by atoms with E-state index in [-0.39, 0.29) is 37.9 Å². The number of phosphoric ester groups is 1. The first-order valence-corrected chi connectivity index (χ1v) is 27.2. The Hall–Kier alpha value is -1.43. The molecule has 4 aliphatic rings. The molecule has 0 spiro atoms. The van der Waals surface area contributed by atoms with Crippen molar-refractivity contribution in [2.75, 3.05) is 47.5 Å². The predicted octanol–water partition coefficient (Wildman–Crippen LogP) is 12.9. The van der Waals surface area contributed by atoms with Crippen molar-refractivity contribution in [2.45, 2.75) is 208 Å². The number of hydrogen-bond donors (Lipinski definition) is 1. The van der Waals surface area contributed by atoms with Crippen molar-refractivity contribution in [3.8, 4) is 11.8 Å². The Bertz CT molecular complexity index is 1450. The van der Waals surface area contributed by atoms with Crippen LogP contribution in [0.1, 0.15) is 202 Å². The molecule has 0 heterocycles. The van der Waals surface area contributed by atoms with Crippen LogP contribution in [0.4, 0.5) is 0 Å². The van der Waals surface area contributed by atoms with E-state index in [9.17, 15) is 19.0 Å². The number of nitrogens with zero attached hydrogens (tertiary/aromatic N) is 1. The zero-order valence-electron chi connectivity index (χ0n) is 41.0. The average molecular weight is 891 g/mol. The van der Waals surface area contributed by atoms with Crippen LogP contribution in [0, 0.1) is 64.1 Å². The highest BCUT2D eigenvalue weighted by Crippen LogP contribution is 2.68. The molecule has 0 aromatic heterocycles. The minimum atomic E-state index is -4.42. The summed E-state index contributed by atoms with van der Waals surface area (Å²) in [4.78, 5) is 36.2. The van der Waals surface area contributed by atoms with Crippen LogP contribution in [0.2, 0.25) is 0 Å². The summed E-state index contributed by atoms with van der Waals surface area (Å²) in [5, 5.41) is 0. The van der Waals surface area contributed by atoms with Gasteiger partial charge in [0.25, 0.3) is 0 Å². The summed E-state index contributed by atoms with van der Waals surface area (Å²) in [6, 6.07) is 0. The van der Waals surface area contributed by atoms with E-state index in [1.807, 2.05) is 28.1 Å². The maximum atomic E-state index is 13.2. The number of carbonyl (C=O) groups excluding carboxylic acids is 2. The molecule has 0 aliphatic heterocycles. The SMILES string of the molecule is CCCCCCCCCCCCCCCC(=O)OC[C@H](COP(=O)(O)OCC[N+](C)(C)C)OC(=O)CC(C)C#CC[C@@H](C)[C@H]1CC[C@H]2[C@@H]3CCC4CCCC[C@]4(C)[C@H]3CC[C@]12C. The van der Waals surface area contributed by atoms with Crippen LogP contribution in [-0.2, 0) is 32.7 Å². The molecule has 0 bridgehead atoms. The molecule has 0 aromatic carbocycles. The Morgan fingerprint density at radius 1 is 0.758 bits per heavy atom. The van der Waals surface area contributed by atoms with Gasteiger partial charge in [0.15, 0.2) is 6.10 Å². The van der Waals surface area contributed by atoms with E-state index in [0.717, 1.165) is 49.4 Å². The van der Waals surface area contributed by atoms with Crippen LogP contribution in [-0.4, -0.2) is 74.9 Å². The fraction of sp³-hybridized carbons (Fsp3) is 0.923. The molecule has 3 unspecified atom stereocenters. The van der Waals surface area contributed by atoms with Crippen LogP contribution in [0.5, 0.6) is 0 Å². The van der Waals surface area contributed by atoms with Crippen molar-refractivity contribution in [2.24, 2.45) is 52.3 Å². The molecular weight excluding hydrogens is 798 g/mol. The first kappa shape index (κ1) is 53.2. The van der Waals surface area contributed by atoms with Gasteiger partial charge in [-0.1, -0.05) is 130 Å². The minimum Gasteiger partial charge on any atom is -0.462 e. The number of carbonyl (C=O) groups is 2. The molecule has 0 radical (unpaired) electrons. The third-order valence-corrected chi connectivity index (χ3v) is 17.2. The number of esters is 2. The summed E-state index contributed by atoms with van der Waals surface area (Å²) in [7, 11) is 1.44. The first-order chi connectivity index (χ1) is 29.5. The van der Waals surface area contributed by atoms with Gasteiger partial charge in [0.05, 0.1) is 34.2 Å². The third kappa shape index (κ3) is 17.1. The van der Waals surface area contributed by atoms with E-state index in [1.165, 1.54) is 128 Å². The highest BCUT2D eigenvalue weighted by molar-refractivity contribution is 7.47. The normalized spacial score (nSPS) is 29.5. The summed E-state index contributed by atoms with van der Waals surface area (Å²) >= 11 is 0. The minimum absolute atomic E-state index is 0.0199. The molecule has 1 N–H and O–H groups in total. The molecule has 4 aliphatic carbocycles. The van der Waals surface area contributed by atoms with E-state index in [4.69, 9.17) is 18.5 Å². The van der Waals surface area contributed by atoms with Gasteiger partial charge in [-0.2, -0.15) is 0 Å². The Labute approximate surface area is 379 Å². The zero-order valence-corrected chi connectivity index (χ0v) is 41.9. The van der Waals surface area contributed by atoms with Gasteiger partial charge in [0.1, 0.15) is 19.8 Å². The lowest BCUT2D eigenvalue weighted by Gasteiger charge is -2.60. The molecule has 4 rings (SSSR count). The summed E-state index contributed by atoms with van der Waals surface area (Å²) in [5.74, 6) is 10.5. The maximum absolute atomic E-state index is 13.2. The lowest BCUT2D eigenvalue weighted by molar-refractivity contribution is -0.870. The van der Waals surface area contributed by atoms with Crippen molar-refractivity contribution in [1.29, 1.82) is 0 Å². The van der Waals surface area contributed by atoms with Crippen molar-refractivity contribution in [3.63, 3.8) is 0 Å². The lowest BCUT2D eigenvalue weighted by Crippen LogP contribution is -2.53. The number of rotatable bonds is 28. The number of quaternary nitrogens is 1. The van der Waals surface area contributed by atoms with Crippen LogP contribution in [0.3, 0.4) is 0 Å². The van der Waals surface area contributed by atoms with Crippen molar-refractivity contribution >= 4 is 19.8 Å². The topological polar surface area (TPSA) is 108 Å². The monoisotopic (exact) mass is 891 g/mol. The van der Waals surface area contributed by atoms with Gasteiger partial charge in [-0.3, -0.25) is 18.6 Å². The highest BCUT2D eigenvalue weighted by atomic mass is 31.2. The second-order valence-electron chi connectivity index (χ2n) is 22.1. The van der Waals surface area contributed by atoms with Gasteiger partial charge >= 0.3 is 19.8 Å². The smallest absolute Gasteiger partial charge is 0.462 e. The van der Waals surface area contributed by atoms with Gasteiger partial charge in [-0.25, -0.2) is 4.57 Å². The van der Waals surface area contributed by atoms with E-state index in [0.29, 0.717) is 33.7 Å². The molecule has 10 heteroatoms. The Kier molecular flexibility index (Phi) is 22.3. The standard InChI is InChI=1S/C52H92NO8P/c1-9-10-11-12-13-14-15-16-17-18-19-20-21-28-49(54)58-39-44(40-60-62(56,57)59-37-36-53(6,7)8)61-50(55)38-41(2)25-24-26-42(3)46-31-32-47-45-30-29-43-27-22-23-34-51(43,4)48(45)33-35-52(46,47)5/h41-48H,9-23,26-40H2,1-8H3/p+1/t41?,42-,43?,44-,45+,46-,47+,48+,51+,52-/m1/s1. The summed E-state index contributed by atoms with van der Waals surface area (Å²) in [5.41, 5.74) is 0.969. The lowest BCUT2D eigenvalue weighted by atomic mass is 9.44. The summed E-state index contributed by atoms with van der Waals surface area (Å²) in [6.07, 6.45) is 30.1. The molecule has 4 fully saturated rings. The quantitative estimate of drug-likeness (QED) is 0.0272. The molecule has 0 saturated heterocycles. The van der Waals surface area contributed by atoms with Gasteiger partial charge in [0, 0.05) is 18.8 Å². The van der Waals surface area contributed by atoms with E-state index < -0.39 is 26.5 Å². The Morgan fingerprint density at radius 3 is 2.06 bits per heavy atom.